The SMILES string of the molecule is O=C(NCc1c(F)cc(F)cc1F)c1cn2c(c(O)c1=O)C(O)N1[C@H]3CC[C@H](C3)O[C@@H]1C2. The van der Waals surface area contributed by atoms with Crippen molar-refractivity contribution in [1.29, 1.82) is 0 Å². The van der Waals surface area contributed by atoms with Gasteiger partial charge < -0.3 is 24.8 Å². The third-order valence-corrected chi connectivity index (χ3v) is 6.41. The number of aliphatic hydroxyl groups is 1. The van der Waals surface area contributed by atoms with Gasteiger partial charge in [0.1, 0.15) is 34.9 Å². The third-order valence-electron chi connectivity index (χ3n) is 6.41. The van der Waals surface area contributed by atoms with Gasteiger partial charge in [0.2, 0.25) is 5.43 Å². The fraction of sp³-hybridized carbons (Fsp3) is 0.429. The highest BCUT2D eigenvalue weighted by Gasteiger charge is 2.48. The number of aromatic hydroxyl groups is 1. The first-order valence-corrected chi connectivity index (χ1v) is 10.2. The minimum Gasteiger partial charge on any atom is -0.503 e. The summed E-state index contributed by atoms with van der Waals surface area (Å²) >= 11 is 0. The standard InChI is InChI=1S/C21H20F3N3O5/c22-9-3-14(23)12(15(24)4-9)6-25-20(30)13-7-26-8-16-27(10-1-2-11(5-10)32-16)21(31)17(26)19(29)18(13)28/h3-4,7,10-11,16,21,29,31H,1-2,5-6,8H2,(H,25,30)/t10-,11+,16+,21?/m0/s1. The summed E-state index contributed by atoms with van der Waals surface area (Å²) in [7, 11) is 0. The lowest BCUT2D eigenvalue weighted by molar-refractivity contribution is -0.214. The Bertz CT molecular complexity index is 1150. The van der Waals surface area contributed by atoms with Crippen molar-refractivity contribution in [2.45, 2.75) is 57.0 Å². The lowest BCUT2D eigenvalue weighted by atomic mass is 10.1. The number of rotatable bonds is 3. The summed E-state index contributed by atoms with van der Waals surface area (Å²) in [6.45, 7) is -0.459. The van der Waals surface area contributed by atoms with Gasteiger partial charge in [-0.05, 0) is 19.3 Å². The zero-order valence-electron chi connectivity index (χ0n) is 16.7. The summed E-state index contributed by atoms with van der Waals surface area (Å²) < 4.78 is 48.1. The van der Waals surface area contributed by atoms with Crippen molar-refractivity contribution >= 4 is 5.91 Å². The fourth-order valence-electron chi connectivity index (χ4n) is 4.90. The number of aliphatic hydroxyl groups excluding tert-OH is 1. The molecule has 1 saturated heterocycles. The molecule has 1 aliphatic carbocycles. The summed E-state index contributed by atoms with van der Waals surface area (Å²) in [5, 5.41) is 23.6. The topological polar surface area (TPSA) is 104 Å². The Balaban J connectivity index is 1.43. The lowest BCUT2D eigenvalue weighted by Gasteiger charge is -2.47. The molecule has 2 bridgehead atoms. The molecule has 170 valence electrons. The number of fused-ring (bicyclic) bond motifs is 5. The molecule has 1 saturated carbocycles. The van der Waals surface area contributed by atoms with Gasteiger partial charge >= 0.3 is 0 Å². The van der Waals surface area contributed by atoms with Crippen molar-refractivity contribution in [2.75, 3.05) is 0 Å². The van der Waals surface area contributed by atoms with E-state index >= 15 is 0 Å². The average molecular weight is 451 g/mol. The molecule has 3 heterocycles. The number of halogens is 3. The molecule has 2 aromatic rings. The Morgan fingerprint density at radius 2 is 1.94 bits per heavy atom. The van der Waals surface area contributed by atoms with Crippen LogP contribution in [0.3, 0.4) is 0 Å². The van der Waals surface area contributed by atoms with Gasteiger partial charge in [0.05, 0.1) is 12.6 Å². The van der Waals surface area contributed by atoms with E-state index in [0.29, 0.717) is 12.1 Å². The summed E-state index contributed by atoms with van der Waals surface area (Å²) in [5.74, 6) is -5.22. The summed E-state index contributed by atoms with van der Waals surface area (Å²) in [6, 6.07) is 1.03. The lowest BCUT2D eigenvalue weighted by Crippen LogP contribution is -2.55. The average Bonchev–Trinajstić information content (AvgIpc) is 3.10. The van der Waals surface area contributed by atoms with Gasteiger partial charge in [-0.2, -0.15) is 0 Å². The van der Waals surface area contributed by atoms with Crippen molar-refractivity contribution in [1.82, 2.24) is 14.8 Å². The van der Waals surface area contributed by atoms with Crippen LogP contribution in [0.5, 0.6) is 5.75 Å². The molecule has 0 radical (unpaired) electrons. The predicted molar refractivity (Wildman–Crippen MR) is 103 cm³/mol. The second-order valence-corrected chi connectivity index (χ2v) is 8.29. The van der Waals surface area contributed by atoms with Crippen LogP contribution in [0.2, 0.25) is 0 Å². The number of nitrogens with one attached hydrogen (secondary N) is 1. The van der Waals surface area contributed by atoms with E-state index in [9.17, 15) is 33.0 Å². The van der Waals surface area contributed by atoms with Gasteiger partial charge in [0, 0.05) is 36.5 Å². The van der Waals surface area contributed by atoms with Crippen LogP contribution in [-0.2, 0) is 17.8 Å². The zero-order chi connectivity index (χ0) is 22.7. The second-order valence-electron chi connectivity index (χ2n) is 8.29. The molecule has 4 atom stereocenters. The van der Waals surface area contributed by atoms with Gasteiger partial charge in [-0.1, -0.05) is 0 Å². The normalized spacial score (nSPS) is 26.5. The summed E-state index contributed by atoms with van der Waals surface area (Å²) in [4.78, 5) is 27.0. The van der Waals surface area contributed by atoms with E-state index in [-0.39, 0.29) is 24.4 Å². The number of amides is 1. The van der Waals surface area contributed by atoms with Crippen LogP contribution in [0.4, 0.5) is 13.2 Å². The summed E-state index contributed by atoms with van der Waals surface area (Å²) in [5.41, 5.74) is -2.09. The highest BCUT2D eigenvalue weighted by atomic mass is 19.1. The molecule has 2 fully saturated rings. The minimum absolute atomic E-state index is 0.0348. The molecule has 0 spiro atoms. The smallest absolute Gasteiger partial charge is 0.257 e. The number of benzene rings is 1. The molecule has 1 amide bonds. The molecule has 1 aromatic heterocycles. The van der Waals surface area contributed by atoms with Crippen LogP contribution in [-0.4, -0.2) is 44.0 Å². The van der Waals surface area contributed by atoms with E-state index in [4.69, 9.17) is 4.74 Å². The monoisotopic (exact) mass is 451 g/mol. The van der Waals surface area contributed by atoms with E-state index in [0.717, 1.165) is 19.3 Å². The second kappa shape index (κ2) is 7.61. The van der Waals surface area contributed by atoms with E-state index < -0.39 is 64.7 Å². The van der Waals surface area contributed by atoms with Crippen LogP contribution in [0.15, 0.2) is 23.1 Å². The molecule has 3 aliphatic rings. The van der Waals surface area contributed by atoms with E-state index in [1.807, 2.05) is 0 Å². The maximum atomic E-state index is 13.8. The molecular formula is C21H20F3N3O5. The predicted octanol–water partition coefficient (Wildman–Crippen LogP) is 1.49. The number of carbonyl (C=O) groups excluding carboxylic acids is 1. The van der Waals surface area contributed by atoms with E-state index in [1.54, 1.807) is 4.90 Å². The highest BCUT2D eigenvalue weighted by molar-refractivity contribution is 5.94. The Hall–Kier alpha value is -2.89. The number of ether oxygens (including phenoxy) is 1. The number of hydrogen-bond donors (Lipinski definition) is 3. The largest absolute Gasteiger partial charge is 0.503 e. The Morgan fingerprint density at radius 1 is 1.22 bits per heavy atom. The molecule has 5 rings (SSSR count). The molecule has 8 nitrogen and oxygen atoms in total. The number of pyridine rings is 1. The first kappa shape index (κ1) is 21.0. The molecule has 32 heavy (non-hydrogen) atoms. The maximum absolute atomic E-state index is 13.8. The Labute approximate surface area is 179 Å². The molecular weight excluding hydrogens is 431 g/mol. The van der Waals surface area contributed by atoms with Crippen molar-refractivity contribution in [3.8, 4) is 5.75 Å². The van der Waals surface area contributed by atoms with E-state index in [1.165, 1.54) is 10.8 Å². The van der Waals surface area contributed by atoms with Crippen LogP contribution >= 0.6 is 0 Å². The van der Waals surface area contributed by atoms with Gasteiger partial charge in [0.25, 0.3) is 5.91 Å². The number of hydrogen-bond acceptors (Lipinski definition) is 6. The maximum Gasteiger partial charge on any atom is 0.257 e. The van der Waals surface area contributed by atoms with Crippen molar-refractivity contribution in [3.05, 3.63) is 62.8 Å². The third kappa shape index (κ3) is 3.28. The molecule has 2 aliphatic heterocycles. The first-order chi connectivity index (χ1) is 15.2. The van der Waals surface area contributed by atoms with Gasteiger partial charge in [-0.15, -0.1) is 0 Å². The molecule has 1 aromatic carbocycles. The fourth-order valence-corrected chi connectivity index (χ4v) is 4.90. The van der Waals surface area contributed by atoms with E-state index in [2.05, 4.69) is 5.32 Å². The van der Waals surface area contributed by atoms with Gasteiger partial charge in [-0.25, -0.2) is 18.1 Å². The molecule has 3 N–H and O–H groups in total. The highest BCUT2D eigenvalue weighted by Crippen LogP contribution is 2.43. The zero-order valence-corrected chi connectivity index (χ0v) is 16.7. The summed E-state index contributed by atoms with van der Waals surface area (Å²) in [6.07, 6.45) is 1.94. The number of nitrogens with zero attached hydrogens (tertiary/aromatic N) is 2. The number of carbonyl (C=O) groups is 1. The van der Waals surface area contributed by atoms with Crippen molar-refractivity contribution in [2.24, 2.45) is 0 Å². The quantitative estimate of drug-likeness (QED) is 0.653. The number of aromatic nitrogens is 1. The first-order valence-electron chi connectivity index (χ1n) is 10.2. The minimum atomic E-state index is -1.29. The Morgan fingerprint density at radius 3 is 2.66 bits per heavy atom. The molecule has 1 unspecified atom stereocenters. The molecule has 11 heteroatoms. The van der Waals surface area contributed by atoms with Crippen LogP contribution in [0.25, 0.3) is 0 Å². The van der Waals surface area contributed by atoms with Crippen molar-refractivity contribution in [3.63, 3.8) is 0 Å². The van der Waals surface area contributed by atoms with Crippen molar-refractivity contribution < 1.29 is 32.9 Å². The van der Waals surface area contributed by atoms with Crippen LogP contribution in [0, 0.1) is 17.5 Å². The van der Waals surface area contributed by atoms with Gasteiger partial charge in [0.15, 0.2) is 12.0 Å². The van der Waals surface area contributed by atoms with Gasteiger partial charge in [-0.3, -0.25) is 9.59 Å². The van der Waals surface area contributed by atoms with Crippen LogP contribution < -0.4 is 10.7 Å². The van der Waals surface area contributed by atoms with Crippen LogP contribution in [0.1, 0.15) is 47.1 Å². The Kier molecular flexibility index (Phi) is 4.99.